The number of fused-ring (bicyclic) bond motifs is 2. The Morgan fingerprint density at radius 1 is 1.00 bits per heavy atom. The fraction of sp³-hybridized carbons (Fsp3) is 0.321. The molecule has 0 bridgehead atoms. The highest BCUT2D eigenvalue weighted by Crippen LogP contribution is 2.28. The van der Waals surface area contributed by atoms with Gasteiger partial charge in [-0.2, -0.15) is 4.98 Å². The molecule has 0 saturated carbocycles. The van der Waals surface area contributed by atoms with Crippen molar-refractivity contribution in [3.05, 3.63) is 71.5 Å². The van der Waals surface area contributed by atoms with Crippen LogP contribution in [0.1, 0.15) is 10.8 Å². The van der Waals surface area contributed by atoms with Crippen molar-refractivity contribution in [2.24, 2.45) is 0 Å². The van der Waals surface area contributed by atoms with Crippen molar-refractivity contribution in [1.82, 2.24) is 24.9 Å². The minimum absolute atomic E-state index is 0.259. The zero-order valence-corrected chi connectivity index (χ0v) is 21.5. The smallest absolute Gasteiger partial charge is 0.258 e. The maximum absolute atomic E-state index is 10.5. The Labute approximate surface area is 219 Å². The molecule has 190 valence electrons. The van der Waals surface area contributed by atoms with E-state index in [0.717, 1.165) is 63.5 Å². The lowest BCUT2D eigenvalue weighted by atomic mass is 10.0. The summed E-state index contributed by atoms with van der Waals surface area (Å²) in [5.74, 6) is 1.99. The van der Waals surface area contributed by atoms with Gasteiger partial charge in [0.15, 0.2) is 5.82 Å². The zero-order chi connectivity index (χ0) is 25.2. The third-order valence-electron chi connectivity index (χ3n) is 6.70. The number of aliphatic hydroxyl groups is 1. The summed E-state index contributed by atoms with van der Waals surface area (Å²) in [4.78, 5) is 13.8. The van der Waals surface area contributed by atoms with E-state index < -0.39 is 6.10 Å². The van der Waals surface area contributed by atoms with E-state index in [4.69, 9.17) is 9.26 Å². The van der Waals surface area contributed by atoms with Crippen molar-refractivity contribution in [2.45, 2.75) is 19.6 Å². The second kappa shape index (κ2) is 10.5. The van der Waals surface area contributed by atoms with Crippen molar-refractivity contribution < 1.29 is 14.4 Å². The largest absolute Gasteiger partial charge is 0.491 e. The molecule has 1 aliphatic heterocycles. The molecule has 8 nitrogen and oxygen atoms in total. The average Bonchev–Trinajstić information content (AvgIpc) is 3.53. The topological polar surface area (TPSA) is 87.8 Å². The molecule has 1 fully saturated rings. The molecule has 37 heavy (non-hydrogen) atoms. The Morgan fingerprint density at radius 2 is 1.81 bits per heavy atom. The monoisotopic (exact) mass is 515 g/mol. The summed E-state index contributed by atoms with van der Waals surface area (Å²) in [6, 6.07) is 20.2. The van der Waals surface area contributed by atoms with Crippen molar-refractivity contribution in [3.63, 3.8) is 0 Å². The van der Waals surface area contributed by atoms with Gasteiger partial charge in [0.25, 0.3) is 5.89 Å². The molecular weight excluding hydrogens is 486 g/mol. The number of piperazine rings is 1. The first-order valence-corrected chi connectivity index (χ1v) is 13.4. The molecule has 1 N–H and O–H groups in total. The summed E-state index contributed by atoms with van der Waals surface area (Å²) in [6.07, 6.45) is -0.556. The molecule has 0 unspecified atom stereocenters. The van der Waals surface area contributed by atoms with Gasteiger partial charge >= 0.3 is 0 Å². The van der Waals surface area contributed by atoms with Crippen LogP contribution in [0.25, 0.3) is 32.4 Å². The number of aliphatic hydroxyl groups excluding tert-OH is 1. The van der Waals surface area contributed by atoms with Crippen LogP contribution in [0.4, 0.5) is 0 Å². The minimum Gasteiger partial charge on any atom is -0.491 e. The Morgan fingerprint density at radius 3 is 2.70 bits per heavy atom. The Bertz CT molecular complexity index is 1500. The number of rotatable bonds is 8. The fourth-order valence-electron chi connectivity index (χ4n) is 4.82. The van der Waals surface area contributed by atoms with Crippen LogP contribution in [0.3, 0.4) is 0 Å². The second-order valence-corrected chi connectivity index (χ2v) is 10.7. The first-order valence-electron chi connectivity index (χ1n) is 12.5. The summed E-state index contributed by atoms with van der Waals surface area (Å²) in [7, 11) is 0. The number of ether oxygens (including phenoxy) is 1. The van der Waals surface area contributed by atoms with Gasteiger partial charge in [-0.25, -0.2) is 4.98 Å². The Balaban J connectivity index is 0.981. The van der Waals surface area contributed by atoms with Gasteiger partial charge in [-0.1, -0.05) is 41.6 Å². The minimum atomic E-state index is -0.556. The van der Waals surface area contributed by atoms with Crippen molar-refractivity contribution >= 4 is 32.3 Å². The van der Waals surface area contributed by atoms with E-state index in [-0.39, 0.29) is 6.61 Å². The highest BCUT2D eigenvalue weighted by molar-refractivity contribution is 7.18. The Kier molecular flexibility index (Phi) is 6.84. The van der Waals surface area contributed by atoms with Gasteiger partial charge in [0.05, 0.1) is 21.8 Å². The van der Waals surface area contributed by atoms with E-state index in [9.17, 15) is 5.11 Å². The van der Waals surface area contributed by atoms with Crippen LogP contribution in [0.15, 0.2) is 65.2 Å². The highest BCUT2D eigenvalue weighted by atomic mass is 32.1. The molecule has 3 aromatic carbocycles. The molecule has 0 spiro atoms. The summed E-state index contributed by atoms with van der Waals surface area (Å²) in [5, 5.41) is 18.1. The molecule has 1 saturated heterocycles. The molecule has 0 radical (unpaired) electrons. The molecule has 3 heterocycles. The van der Waals surface area contributed by atoms with E-state index in [2.05, 4.69) is 43.1 Å². The van der Waals surface area contributed by atoms with Crippen LogP contribution in [0.2, 0.25) is 0 Å². The quantitative estimate of drug-likeness (QED) is 0.326. The van der Waals surface area contributed by atoms with Crippen molar-refractivity contribution in [1.29, 1.82) is 0 Å². The normalized spacial score (nSPS) is 15.9. The van der Waals surface area contributed by atoms with Crippen LogP contribution >= 0.6 is 11.3 Å². The molecule has 1 aliphatic rings. The van der Waals surface area contributed by atoms with Gasteiger partial charge in [-0.05, 0) is 35.9 Å². The van der Waals surface area contributed by atoms with Gasteiger partial charge in [0, 0.05) is 44.4 Å². The van der Waals surface area contributed by atoms with Crippen LogP contribution in [-0.4, -0.2) is 75.5 Å². The van der Waals surface area contributed by atoms with Gasteiger partial charge in [-0.15, -0.1) is 11.3 Å². The highest BCUT2D eigenvalue weighted by Gasteiger charge is 2.21. The van der Waals surface area contributed by atoms with Gasteiger partial charge in [-0.3, -0.25) is 9.80 Å². The molecule has 0 amide bonds. The number of benzene rings is 3. The molecule has 6 rings (SSSR count). The van der Waals surface area contributed by atoms with E-state index in [1.54, 1.807) is 11.3 Å². The van der Waals surface area contributed by atoms with Crippen molar-refractivity contribution in [2.75, 3.05) is 39.3 Å². The van der Waals surface area contributed by atoms with Gasteiger partial charge in [0.1, 0.15) is 18.5 Å². The standard InChI is InChI=1S/C28H29N5O3S/c1-19-29-25-15-22(9-10-26(25)37-19)35-18-21(34)16-32-11-13-33(14-12-32)17-27-30-28(36-31-27)24-8-4-6-20-5-2-3-7-23(20)24/h2-10,15,21,34H,11-14,16-18H2,1H3/t21-/m0/s1. The lowest BCUT2D eigenvalue weighted by Crippen LogP contribution is -2.48. The first kappa shape index (κ1) is 24.0. The van der Waals surface area contributed by atoms with Crippen LogP contribution in [0, 0.1) is 6.92 Å². The number of aryl methyl sites for hydroxylation is 1. The summed E-state index contributed by atoms with van der Waals surface area (Å²) >= 11 is 1.67. The number of thiazole rings is 1. The summed E-state index contributed by atoms with van der Waals surface area (Å²) < 4.78 is 12.6. The Hall–Kier alpha value is -3.37. The molecule has 0 aliphatic carbocycles. The number of β-amino-alcohol motifs (C(OH)–C–C–N with tert-alkyl or cyclic N) is 1. The SMILES string of the molecule is Cc1nc2cc(OC[C@@H](O)CN3CCN(Cc4noc(-c5cccc6ccccc56)n4)CC3)ccc2s1. The molecule has 2 aromatic heterocycles. The van der Waals surface area contributed by atoms with Crippen LogP contribution in [-0.2, 0) is 6.54 Å². The third kappa shape index (κ3) is 5.50. The van der Waals surface area contributed by atoms with E-state index in [1.807, 2.05) is 49.4 Å². The lowest BCUT2D eigenvalue weighted by Gasteiger charge is -2.34. The predicted molar refractivity (Wildman–Crippen MR) is 145 cm³/mol. The summed E-state index contributed by atoms with van der Waals surface area (Å²) in [6.45, 7) is 6.99. The van der Waals surface area contributed by atoms with Gasteiger partial charge in [0.2, 0.25) is 0 Å². The molecular formula is C28H29N5O3S. The molecule has 1 atom stereocenters. The zero-order valence-electron chi connectivity index (χ0n) is 20.7. The van der Waals surface area contributed by atoms with Crippen LogP contribution < -0.4 is 4.74 Å². The fourth-order valence-corrected chi connectivity index (χ4v) is 5.63. The number of hydrogen-bond acceptors (Lipinski definition) is 9. The second-order valence-electron chi connectivity index (χ2n) is 9.45. The lowest BCUT2D eigenvalue weighted by molar-refractivity contribution is 0.0440. The van der Waals surface area contributed by atoms with E-state index in [0.29, 0.717) is 24.8 Å². The average molecular weight is 516 g/mol. The summed E-state index contributed by atoms with van der Waals surface area (Å²) in [5.41, 5.74) is 1.90. The van der Waals surface area contributed by atoms with Crippen LogP contribution in [0.5, 0.6) is 5.75 Å². The maximum atomic E-state index is 10.5. The molecule has 9 heteroatoms. The molecule has 5 aromatic rings. The first-order chi connectivity index (χ1) is 18.1. The van der Waals surface area contributed by atoms with Crippen molar-refractivity contribution in [3.8, 4) is 17.2 Å². The van der Waals surface area contributed by atoms with Gasteiger partial charge < -0.3 is 14.4 Å². The van der Waals surface area contributed by atoms with E-state index in [1.165, 1.54) is 0 Å². The number of nitrogens with zero attached hydrogens (tertiary/aromatic N) is 5. The van der Waals surface area contributed by atoms with E-state index >= 15 is 0 Å². The predicted octanol–water partition coefficient (Wildman–Crippen LogP) is 4.37. The maximum Gasteiger partial charge on any atom is 0.258 e. The number of hydrogen-bond donors (Lipinski definition) is 1. The third-order valence-corrected chi connectivity index (χ3v) is 7.65. The number of aromatic nitrogens is 3.